The monoisotopic (exact) mass is 323 g/mol. The van der Waals surface area contributed by atoms with Gasteiger partial charge < -0.3 is 5.32 Å². The molecule has 1 aromatic carbocycles. The van der Waals surface area contributed by atoms with Crippen LogP contribution in [0.25, 0.3) is 0 Å². The zero-order chi connectivity index (χ0) is 13.0. The summed E-state index contributed by atoms with van der Waals surface area (Å²) < 4.78 is 1.22. The van der Waals surface area contributed by atoms with Crippen molar-refractivity contribution >= 4 is 27.3 Å². The second kappa shape index (κ2) is 6.50. The third-order valence-corrected chi connectivity index (χ3v) is 4.96. The largest absolute Gasteiger partial charge is 0.313 e. The summed E-state index contributed by atoms with van der Waals surface area (Å²) in [5.74, 6) is 0. The molecular formula is C15H18BrNS. The first-order chi connectivity index (χ1) is 8.70. The first kappa shape index (κ1) is 13.8. The van der Waals surface area contributed by atoms with E-state index in [0.29, 0.717) is 6.04 Å². The fourth-order valence-corrected chi connectivity index (χ4v) is 3.69. The SMILES string of the molecule is CNC(CCc1ccc(C)cc1)c1cscc1Br. The molecule has 2 rings (SSSR count). The molecule has 0 amide bonds. The lowest BCUT2D eigenvalue weighted by Crippen LogP contribution is -2.16. The minimum Gasteiger partial charge on any atom is -0.313 e. The third-order valence-electron chi connectivity index (χ3n) is 3.21. The van der Waals surface area contributed by atoms with E-state index >= 15 is 0 Å². The third kappa shape index (κ3) is 3.44. The van der Waals surface area contributed by atoms with E-state index in [1.807, 2.05) is 7.05 Å². The van der Waals surface area contributed by atoms with Crippen LogP contribution in [0, 0.1) is 6.92 Å². The standard InChI is InChI=1S/C15H18BrNS/c1-11-3-5-12(6-4-11)7-8-15(17-2)13-9-18-10-14(13)16/h3-6,9-10,15,17H,7-8H2,1-2H3. The van der Waals surface area contributed by atoms with Gasteiger partial charge in [0.15, 0.2) is 0 Å². The Morgan fingerprint density at radius 3 is 2.50 bits per heavy atom. The van der Waals surface area contributed by atoms with Crippen molar-refractivity contribution in [3.8, 4) is 0 Å². The van der Waals surface area contributed by atoms with E-state index in [1.165, 1.54) is 21.2 Å². The number of hydrogen-bond donors (Lipinski definition) is 1. The van der Waals surface area contributed by atoms with E-state index < -0.39 is 0 Å². The number of hydrogen-bond acceptors (Lipinski definition) is 2. The van der Waals surface area contributed by atoms with Gasteiger partial charge in [-0.1, -0.05) is 29.8 Å². The van der Waals surface area contributed by atoms with E-state index in [0.717, 1.165) is 12.8 Å². The van der Waals surface area contributed by atoms with Gasteiger partial charge in [-0.2, -0.15) is 11.3 Å². The lowest BCUT2D eigenvalue weighted by molar-refractivity contribution is 0.549. The zero-order valence-corrected chi connectivity index (χ0v) is 13.1. The fourth-order valence-electron chi connectivity index (χ4n) is 2.06. The molecule has 1 aromatic heterocycles. The number of rotatable bonds is 5. The Balaban J connectivity index is 2.00. The van der Waals surface area contributed by atoms with Crippen LogP contribution in [0.5, 0.6) is 0 Å². The number of thiophene rings is 1. The van der Waals surface area contributed by atoms with Gasteiger partial charge in [-0.3, -0.25) is 0 Å². The number of nitrogens with one attached hydrogen (secondary N) is 1. The van der Waals surface area contributed by atoms with Crippen LogP contribution in [0.4, 0.5) is 0 Å². The Bertz CT molecular complexity index is 489. The molecule has 1 atom stereocenters. The maximum Gasteiger partial charge on any atom is 0.0340 e. The second-order valence-electron chi connectivity index (χ2n) is 4.54. The number of halogens is 1. The summed E-state index contributed by atoms with van der Waals surface area (Å²) in [6, 6.07) is 9.25. The maximum atomic E-state index is 3.61. The van der Waals surface area contributed by atoms with Gasteiger partial charge in [0.05, 0.1) is 0 Å². The molecule has 1 nitrogen and oxygen atoms in total. The van der Waals surface area contributed by atoms with Crippen molar-refractivity contribution in [2.24, 2.45) is 0 Å². The molecular weight excluding hydrogens is 306 g/mol. The molecule has 1 unspecified atom stereocenters. The molecule has 1 N–H and O–H groups in total. The summed E-state index contributed by atoms with van der Waals surface area (Å²) in [5, 5.41) is 7.77. The summed E-state index contributed by atoms with van der Waals surface area (Å²) in [7, 11) is 2.03. The van der Waals surface area contributed by atoms with Gasteiger partial charge in [0.2, 0.25) is 0 Å². The summed E-state index contributed by atoms with van der Waals surface area (Å²) in [5.41, 5.74) is 4.10. The molecule has 0 aliphatic carbocycles. The lowest BCUT2D eigenvalue weighted by Gasteiger charge is -2.16. The molecule has 0 saturated carbocycles. The highest BCUT2D eigenvalue weighted by molar-refractivity contribution is 9.10. The van der Waals surface area contributed by atoms with Crippen molar-refractivity contribution in [1.29, 1.82) is 0 Å². The van der Waals surface area contributed by atoms with E-state index in [4.69, 9.17) is 0 Å². The van der Waals surface area contributed by atoms with Crippen molar-refractivity contribution < 1.29 is 0 Å². The van der Waals surface area contributed by atoms with Gasteiger partial charge in [-0.05, 0) is 59.2 Å². The second-order valence-corrected chi connectivity index (χ2v) is 6.14. The smallest absolute Gasteiger partial charge is 0.0340 e. The van der Waals surface area contributed by atoms with Gasteiger partial charge in [0.1, 0.15) is 0 Å². The summed E-state index contributed by atoms with van der Waals surface area (Å²) in [6.45, 7) is 2.13. The highest BCUT2D eigenvalue weighted by Crippen LogP contribution is 2.29. The van der Waals surface area contributed by atoms with Crippen LogP contribution in [0.2, 0.25) is 0 Å². The molecule has 0 spiro atoms. The molecule has 0 aliphatic rings. The van der Waals surface area contributed by atoms with Crippen LogP contribution in [-0.4, -0.2) is 7.05 Å². The van der Waals surface area contributed by atoms with E-state index in [2.05, 4.69) is 63.2 Å². The molecule has 0 saturated heterocycles. The van der Waals surface area contributed by atoms with Gasteiger partial charge in [-0.25, -0.2) is 0 Å². The summed E-state index contributed by atoms with van der Waals surface area (Å²) >= 11 is 5.36. The van der Waals surface area contributed by atoms with Gasteiger partial charge >= 0.3 is 0 Å². The average molecular weight is 324 g/mol. The van der Waals surface area contributed by atoms with Crippen LogP contribution >= 0.6 is 27.3 Å². The van der Waals surface area contributed by atoms with Gasteiger partial charge in [0.25, 0.3) is 0 Å². The van der Waals surface area contributed by atoms with Crippen molar-refractivity contribution in [3.05, 3.63) is 56.2 Å². The van der Waals surface area contributed by atoms with Crippen molar-refractivity contribution in [1.82, 2.24) is 5.32 Å². The normalized spacial score (nSPS) is 12.6. The number of aryl methyl sites for hydroxylation is 2. The van der Waals surface area contributed by atoms with Gasteiger partial charge in [-0.15, -0.1) is 0 Å². The van der Waals surface area contributed by atoms with Crippen LogP contribution in [-0.2, 0) is 6.42 Å². The summed E-state index contributed by atoms with van der Waals surface area (Å²) in [4.78, 5) is 0. The Morgan fingerprint density at radius 1 is 1.22 bits per heavy atom. The highest BCUT2D eigenvalue weighted by Gasteiger charge is 2.13. The fraction of sp³-hybridized carbons (Fsp3) is 0.333. The Morgan fingerprint density at radius 2 is 1.94 bits per heavy atom. The molecule has 0 bridgehead atoms. The van der Waals surface area contributed by atoms with Crippen LogP contribution < -0.4 is 5.32 Å². The van der Waals surface area contributed by atoms with E-state index in [1.54, 1.807) is 11.3 Å². The first-order valence-corrected chi connectivity index (χ1v) is 7.88. The molecule has 0 radical (unpaired) electrons. The predicted molar refractivity (Wildman–Crippen MR) is 83.3 cm³/mol. The number of benzene rings is 1. The summed E-state index contributed by atoms with van der Waals surface area (Å²) in [6.07, 6.45) is 2.23. The molecule has 3 heteroatoms. The minimum absolute atomic E-state index is 0.423. The predicted octanol–water partition coefficient (Wildman–Crippen LogP) is 4.71. The quantitative estimate of drug-likeness (QED) is 0.840. The molecule has 0 aliphatic heterocycles. The topological polar surface area (TPSA) is 12.0 Å². The molecule has 96 valence electrons. The molecule has 2 aromatic rings. The van der Waals surface area contributed by atoms with Crippen LogP contribution in [0.15, 0.2) is 39.5 Å². The lowest BCUT2D eigenvalue weighted by atomic mass is 10.0. The van der Waals surface area contributed by atoms with Gasteiger partial charge in [0, 0.05) is 15.9 Å². The molecule has 1 heterocycles. The highest BCUT2D eigenvalue weighted by atomic mass is 79.9. The first-order valence-electron chi connectivity index (χ1n) is 6.15. The Kier molecular flexibility index (Phi) is 4.98. The van der Waals surface area contributed by atoms with Crippen molar-refractivity contribution in [2.75, 3.05) is 7.05 Å². The maximum absolute atomic E-state index is 3.61. The van der Waals surface area contributed by atoms with Crippen LogP contribution in [0.3, 0.4) is 0 Å². The zero-order valence-electron chi connectivity index (χ0n) is 10.7. The minimum atomic E-state index is 0.423. The van der Waals surface area contributed by atoms with E-state index in [9.17, 15) is 0 Å². The average Bonchev–Trinajstić information content (AvgIpc) is 2.79. The van der Waals surface area contributed by atoms with Crippen LogP contribution in [0.1, 0.15) is 29.2 Å². The van der Waals surface area contributed by atoms with Crippen molar-refractivity contribution in [3.63, 3.8) is 0 Å². The molecule has 18 heavy (non-hydrogen) atoms. The Labute approximate surface area is 121 Å². The molecule has 0 fully saturated rings. The van der Waals surface area contributed by atoms with E-state index in [-0.39, 0.29) is 0 Å². The van der Waals surface area contributed by atoms with Crippen molar-refractivity contribution in [2.45, 2.75) is 25.8 Å². The Hall–Kier alpha value is -0.640.